The molecule has 0 spiro atoms. The van der Waals surface area contributed by atoms with E-state index in [9.17, 15) is 13.6 Å². The molecule has 1 aliphatic rings. The Morgan fingerprint density at radius 2 is 1.57 bits per heavy atom. The maximum atomic E-state index is 14.4. The highest BCUT2D eigenvalue weighted by Crippen LogP contribution is 2.41. The molecular weight excluding hydrogens is 300 g/mol. The number of alkyl halides is 2. The van der Waals surface area contributed by atoms with Gasteiger partial charge in [-0.05, 0) is 33.2 Å². The molecule has 1 saturated heterocycles. The van der Waals surface area contributed by atoms with Crippen molar-refractivity contribution in [2.45, 2.75) is 12.0 Å². The van der Waals surface area contributed by atoms with Crippen molar-refractivity contribution >= 4 is 27.6 Å². The third-order valence-corrected chi connectivity index (χ3v) is 4.18. The van der Waals surface area contributed by atoms with Crippen LogP contribution in [-0.2, 0) is 4.74 Å². The first-order valence-corrected chi connectivity index (χ1v) is 7.28. The molecule has 1 fully saturated rings. The molecule has 0 saturated carbocycles. The van der Waals surface area contributed by atoms with Crippen LogP contribution in [0.5, 0.6) is 0 Å². The Balaban J connectivity index is 2.08. The Bertz CT molecular complexity index is 869. The van der Waals surface area contributed by atoms with Crippen LogP contribution in [0.25, 0.3) is 21.5 Å². The molecule has 5 heteroatoms. The van der Waals surface area contributed by atoms with Crippen molar-refractivity contribution in [3.8, 4) is 0 Å². The highest BCUT2D eigenvalue weighted by molar-refractivity contribution is 6.03. The lowest BCUT2D eigenvalue weighted by atomic mass is 9.89. The molecule has 23 heavy (non-hydrogen) atoms. The Hall–Kier alpha value is -2.69. The maximum Gasteiger partial charge on any atom is 0.408 e. The van der Waals surface area contributed by atoms with Crippen LogP contribution in [0.3, 0.4) is 0 Å². The van der Waals surface area contributed by atoms with Gasteiger partial charge in [0.25, 0.3) is 0 Å². The van der Waals surface area contributed by atoms with E-state index in [0.29, 0.717) is 16.3 Å². The van der Waals surface area contributed by atoms with Crippen LogP contribution < -0.4 is 5.32 Å². The van der Waals surface area contributed by atoms with Gasteiger partial charge in [0.15, 0.2) is 6.61 Å². The quantitative estimate of drug-likeness (QED) is 0.676. The van der Waals surface area contributed by atoms with Crippen LogP contribution in [0.1, 0.15) is 11.6 Å². The van der Waals surface area contributed by atoms with Gasteiger partial charge in [-0.3, -0.25) is 0 Å². The number of carbonyl (C=O) groups is 1. The predicted octanol–water partition coefficient (Wildman–Crippen LogP) is 4.41. The van der Waals surface area contributed by atoms with E-state index in [4.69, 9.17) is 0 Å². The fraction of sp³-hybridized carbons (Fsp3) is 0.167. The second kappa shape index (κ2) is 4.91. The van der Waals surface area contributed by atoms with Crippen molar-refractivity contribution < 1.29 is 18.3 Å². The molecule has 116 valence electrons. The zero-order valence-electron chi connectivity index (χ0n) is 12.1. The minimum atomic E-state index is -3.18. The van der Waals surface area contributed by atoms with E-state index in [1.54, 1.807) is 24.3 Å². The molecule has 3 nitrogen and oxygen atoms in total. The van der Waals surface area contributed by atoms with Crippen LogP contribution >= 0.6 is 0 Å². The Kier molecular flexibility index (Phi) is 2.98. The molecule has 4 rings (SSSR count). The van der Waals surface area contributed by atoms with E-state index in [-0.39, 0.29) is 0 Å². The number of benzene rings is 3. The van der Waals surface area contributed by atoms with Crippen molar-refractivity contribution in [2.24, 2.45) is 0 Å². The van der Waals surface area contributed by atoms with Gasteiger partial charge in [-0.2, -0.15) is 0 Å². The third-order valence-electron chi connectivity index (χ3n) is 4.18. The topological polar surface area (TPSA) is 38.3 Å². The predicted molar refractivity (Wildman–Crippen MR) is 83.6 cm³/mol. The average molecular weight is 313 g/mol. The first-order chi connectivity index (χ1) is 11.1. The lowest BCUT2D eigenvalue weighted by Crippen LogP contribution is -2.49. The zero-order chi connectivity index (χ0) is 16.0. The number of amides is 1. The van der Waals surface area contributed by atoms with Crippen molar-refractivity contribution in [1.82, 2.24) is 5.32 Å². The van der Waals surface area contributed by atoms with E-state index in [2.05, 4.69) is 10.1 Å². The standard InChI is InChI=1S/C18H13F2NO2/c19-18(20)10-23-17(22)21-16(18)15-13-7-3-1-5-11(13)9-12-6-2-4-8-14(12)15/h1-9,16H,10H2,(H,21,22)/t16-/m0/s1. The normalized spacial score (nSPS) is 20.3. The van der Waals surface area contributed by atoms with Crippen molar-refractivity contribution in [1.29, 1.82) is 0 Å². The van der Waals surface area contributed by atoms with Crippen molar-refractivity contribution in [3.05, 3.63) is 60.2 Å². The highest BCUT2D eigenvalue weighted by Gasteiger charge is 2.47. The molecular formula is C18H13F2NO2. The van der Waals surface area contributed by atoms with Gasteiger partial charge < -0.3 is 10.1 Å². The molecule has 0 bridgehead atoms. The molecule has 3 aromatic carbocycles. The highest BCUT2D eigenvalue weighted by atomic mass is 19.3. The summed E-state index contributed by atoms with van der Waals surface area (Å²) in [5.74, 6) is -3.18. The summed E-state index contributed by atoms with van der Waals surface area (Å²) in [4.78, 5) is 11.5. The lowest BCUT2D eigenvalue weighted by Gasteiger charge is -2.33. The number of nitrogens with one attached hydrogen (secondary N) is 1. The zero-order valence-corrected chi connectivity index (χ0v) is 12.1. The summed E-state index contributed by atoms with van der Waals surface area (Å²) < 4.78 is 33.4. The van der Waals surface area contributed by atoms with Gasteiger partial charge in [-0.15, -0.1) is 0 Å². The number of carbonyl (C=O) groups excluding carboxylic acids is 1. The summed E-state index contributed by atoms with van der Waals surface area (Å²) in [6, 6.07) is 15.2. The van der Waals surface area contributed by atoms with E-state index in [0.717, 1.165) is 10.8 Å². The molecule has 0 radical (unpaired) electrons. The third kappa shape index (κ3) is 2.20. The average Bonchev–Trinajstić information content (AvgIpc) is 2.55. The summed E-state index contributed by atoms with van der Waals surface area (Å²) in [6.07, 6.45) is -0.821. The molecule has 3 aromatic rings. The Labute approximate surface area is 130 Å². The number of cyclic esters (lactones) is 1. The van der Waals surface area contributed by atoms with Gasteiger partial charge in [0.2, 0.25) is 0 Å². The van der Waals surface area contributed by atoms with Crippen LogP contribution in [0, 0.1) is 0 Å². The van der Waals surface area contributed by atoms with Crippen LogP contribution in [0.2, 0.25) is 0 Å². The Morgan fingerprint density at radius 1 is 1.00 bits per heavy atom. The van der Waals surface area contributed by atoms with Crippen LogP contribution in [0.15, 0.2) is 54.6 Å². The van der Waals surface area contributed by atoms with Gasteiger partial charge in [0, 0.05) is 0 Å². The lowest BCUT2D eigenvalue weighted by molar-refractivity contribution is -0.103. The summed E-state index contributed by atoms with van der Waals surface area (Å²) in [5.41, 5.74) is 0.431. The van der Waals surface area contributed by atoms with E-state index in [1.165, 1.54) is 0 Å². The number of hydrogen-bond acceptors (Lipinski definition) is 2. The Morgan fingerprint density at radius 3 is 2.17 bits per heavy atom. The number of fused-ring (bicyclic) bond motifs is 2. The van der Waals surface area contributed by atoms with E-state index in [1.807, 2.05) is 30.3 Å². The fourth-order valence-corrected chi connectivity index (χ4v) is 3.15. The number of alkyl carbamates (subject to hydrolysis) is 1. The second-order valence-corrected chi connectivity index (χ2v) is 5.65. The molecule has 0 unspecified atom stereocenters. The minimum absolute atomic E-state index is 0.431. The number of ether oxygens (including phenoxy) is 1. The number of rotatable bonds is 1. The van der Waals surface area contributed by atoms with Gasteiger partial charge in [-0.25, -0.2) is 13.6 Å². The van der Waals surface area contributed by atoms with Crippen molar-refractivity contribution in [3.63, 3.8) is 0 Å². The first kappa shape index (κ1) is 13.9. The first-order valence-electron chi connectivity index (χ1n) is 7.28. The van der Waals surface area contributed by atoms with Gasteiger partial charge in [0.1, 0.15) is 6.04 Å². The van der Waals surface area contributed by atoms with Crippen LogP contribution in [0.4, 0.5) is 13.6 Å². The van der Waals surface area contributed by atoms with Gasteiger partial charge in [0.05, 0.1) is 0 Å². The minimum Gasteiger partial charge on any atom is -0.443 e. The van der Waals surface area contributed by atoms with E-state index < -0.39 is 24.7 Å². The monoisotopic (exact) mass is 313 g/mol. The maximum absolute atomic E-state index is 14.4. The van der Waals surface area contributed by atoms with Gasteiger partial charge in [-0.1, -0.05) is 48.5 Å². The molecule has 0 aliphatic carbocycles. The summed E-state index contributed by atoms with van der Waals surface area (Å²) >= 11 is 0. The number of halogens is 2. The number of hydrogen-bond donors (Lipinski definition) is 1. The molecule has 1 aliphatic heterocycles. The van der Waals surface area contributed by atoms with Crippen molar-refractivity contribution in [2.75, 3.05) is 6.61 Å². The molecule has 1 heterocycles. The molecule has 1 amide bonds. The second-order valence-electron chi connectivity index (χ2n) is 5.65. The summed E-state index contributed by atoms with van der Waals surface area (Å²) in [6.45, 7) is -0.916. The molecule has 0 aromatic heterocycles. The summed E-state index contributed by atoms with van der Waals surface area (Å²) in [7, 11) is 0. The van der Waals surface area contributed by atoms with Crippen LogP contribution in [-0.4, -0.2) is 18.6 Å². The van der Waals surface area contributed by atoms with Gasteiger partial charge >= 0.3 is 12.0 Å². The van der Waals surface area contributed by atoms with E-state index >= 15 is 0 Å². The largest absolute Gasteiger partial charge is 0.443 e. The smallest absolute Gasteiger partial charge is 0.408 e. The molecule has 1 N–H and O–H groups in total. The summed E-state index contributed by atoms with van der Waals surface area (Å²) in [5, 5.41) is 5.43. The SMILES string of the molecule is O=C1N[C@@H](c2c3ccccc3cc3ccccc23)C(F)(F)CO1. The molecule has 1 atom stereocenters. The fourth-order valence-electron chi connectivity index (χ4n) is 3.15.